The predicted octanol–water partition coefficient (Wildman–Crippen LogP) is 4.20. The highest BCUT2D eigenvalue weighted by Gasteiger charge is 2.02. The smallest absolute Gasteiger partial charge is 0.0561 e. The van der Waals surface area contributed by atoms with Gasteiger partial charge in [0.2, 0.25) is 0 Å². The highest BCUT2D eigenvalue weighted by molar-refractivity contribution is 6.18. The fourth-order valence-corrected chi connectivity index (χ4v) is 2.24. The molecule has 0 aromatic heterocycles. The van der Waals surface area contributed by atoms with Crippen LogP contribution in [-0.4, -0.2) is 25.2 Å². The molecule has 21 heavy (non-hydrogen) atoms. The van der Waals surface area contributed by atoms with Crippen LogP contribution in [0.25, 0.3) is 0 Å². The molecule has 0 saturated heterocycles. The number of benzene rings is 2. The maximum Gasteiger partial charge on any atom is 0.0561 e. The first kappa shape index (κ1) is 15.4. The Morgan fingerprint density at radius 1 is 1.10 bits per heavy atom. The maximum absolute atomic E-state index is 5.81. The number of halogens is 1. The van der Waals surface area contributed by atoms with E-state index in [1.165, 1.54) is 5.69 Å². The molecule has 2 rings (SSSR count). The van der Waals surface area contributed by atoms with Crippen molar-refractivity contribution in [2.24, 2.45) is 5.10 Å². The molecule has 2 aromatic rings. The lowest BCUT2D eigenvalue weighted by atomic mass is 10.2. The Hall–Kier alpha value is -2.00. The quantitative estimate of drug-likeness (QED) is 0.471. The van der Waals surface area contributed by atoms with Gasteiger partial charge in [0.05, 0.1) is 11.9 Å². The highest BCUT2D eigenvalue weighted by atomic mass is 35.5. The third kappa shape index (κ3) is 4.80. The van der Waals surface area contributed by atoms with Gasteiger partial charge < -0.3 is 4.90 Å². The van der Waals surface area contributed by atoms with E-state index in [0.717, 1.165) is 24.3 Å². The largest absolute Gasteiger partial charge is 0.371 e. The molecule has 0 aliphatic heterocycles. The van der Waals surface area contributed by atoms with Gasteiger partial charge >= 0.3 is 0 Å². The Balaban J connectivity index is 1.95. The number of hydrazone groups is 1. The van der Waals surface area contributed by atoms with Gasteiger partial charge in [0.15, 0.2) is 0 Å². The van der Waals surface area contributed by atoms with Crippen molar-refractivity contribution in [3.8, 4) is 0 Å². The summed E-state index contributed by atoms with van der Waals surface area (Å²) in [6, 6.07) is 18.2. The van der Waals surface area contributed by atoms with Gasteiger partial charge in [-0.15, -0.1) is 11.6 Å². The summed E-state index contributed by atoms with van der Waals surface area (Å²) < 4.78 is 0. The molecule has 0 heterocycles. The molecule has 0 radical (unpaired) electrons. The second kappa shape index (κ2) is 8.32. The Labute approximate surface area is 131 Å². The van der Waals surface area contributed by atoms with Crippen molar-refractivity contribution in [1.82, 2.24) is 0 Å². The minimum Gasteiger partial charge on any atom is -0.371 e. The van der Waals surface area contributed by atoms with Gasteiger partial charge in [0.25, 0.3) is 0 Å². The summed E-state index contributed by atoms with van der Waals surface area (Å²) in [5.41, 5.74) is 6.23. The van der Waals surface area contributed by atoms with Crippen LogP contribution in [0.5, 0.6) is 0 Å². The zero-order chi connectivity index (χ0) is 14.9. The average Bonchev–Trinajstić information content (AvgIpc) is 2.54. The number of hydrogen-bond acceptors (Lipinski definition) is 3. The summed E-state index contributed by atoms with van der Waals surface area (Å²) in [6.07, 6.45) is 1.81. The van der Waals surface area contributed by atoms with E-state index in [2.05, 4.69) is 46.6 Å². The molecule has 0 unspecified atom stereocenters. The van der Waals surface area contributed by atoms with Crippen molar-refractivity contribution in [2.45, 2.75) is 6.92 Å². The zero-order valence-electron chi connectivity index (χ0n) is 12.2. The number of rotatable bonds is 7. The lowest BCUT2D eigenvalue weighted by molar-refractivity contribution is 0.870. The summed E-state index contributed by atoms with van der Waals surface area (Å²) in [5, 5.41) is 4.23. The van der Waals surface area contributed by atoms with E-state index in [1.807, 2.05) is 36.5 Å². The van der Waals surface area contributed by atoms with Gasteiger partial charge in [0, 0.05) is 24.7 Å². The third-order valence-electron chi connectivity index (χ3n) is 3.18. The van der Waals surface area contributed by atoms with Crippen LogP contribution in [-0.2, 0) is 0 Å². The molecular formula is C17H20ClN3. The van der Waals surface area contributed by atoms with Gasteiger partial charge in [-0.1, -0.05) is 30.3 Å². The Kier molecular flexibility index (Phi) is 6.10. The van der Waals surface area contributed by atoms with Crippen LogP contribution in [0.4, 0.5) is 11.4 Å². The second-order valence-electron chi connectivity index (χ2n) is 4.60. The van der Waals surface area contributed by atoms with E-state index in [1.54, 1.807) is 0 Å². The highest BCUT2D eigenvalue weighted by Crippen LogP contribution is 2.14. The molecule has 0 amide bonds. The summed E-state index contributed by atoms with van der Waals surface area (Å²) in [7, 11) is 0. The van der Waals surface area contributed by atoms with Crippen molar-refractivity contribution < 1.29 is 0 Å². The fourth-order valence-electron chi connectivity index (χ4n) is 2.04. The van der Waals surface area contributed by atoms with Crippen molar-refractivity contribution in [2.75, 3.05) is 29.3 Å². The Morgan fingerprint density at radius 3 is 2.43 bits per heavy atom. The molecule has 2 aromatic carbocycles. The number of nitrogens with one attached hydrogen (secondary N) is 1. The normalized spacial score (nSPS) is 10.8. The molecule has 110 valence electrons. The Morgan fingerprint density at radius 2 is 1.81 bits per heavy atom. The van der Waals surface area contributed by atoms with Crippen molar-refractivity contribution in [3.63, 3.8) is 0 Å². The predicted molar refractivity (Wildman–Crippen MR) is 92.7 cm³/mol. The standard InChI is InChI=1S/C17H20ClN3/c1-2-21(13-12-18)17-10-8-15(9-11-17)14-19-20-16-6-4-3-5-7-16/h3-11,14,20H,2,12-13H2,1H3. The van der Waals surface area contributed by atoms with Gasteiger partial charge in [-0.25, -0.2) is 0 Å². The molecule has 0 bridgehead atoms. The maximum atomic E-state index is 5.81. The monoisotopic (exact) mass is 301 g/mol. The van der Waals surface area contributed by atoms with Crippen LogP contribution < -0.4 is 10.3 Å². The third-order valence-corrected chi connectivity index (χ3v) is 3.34. The van der Waals surface area contributed by atoms with Gasteiger partial charge in [-0.05, 0) is 36.8 Å². The van der Waals surface area contributed by atoms with Crippen LogP contribution in [0.15, 0.2) is 59.7 Å². The molecule has 0 atom stereocenters. The summed E-state index contributed by atoms with van der Waals surface area (Å²) >= 11 is 5.81. The second-order valence-corrected chi connectivity index (χ2v) is 4.97. The molecule has 0 saturated carbocycles. The first-order valence-electron chi connectivity index (χ1n) is 7.08. The van der Waals surface area contributed by atoms with Crippen molar-refractivity contribution >= 4 is 29.2 Å². The molecule has 0 fully saturated rings. The first-order valence-corrected chi connectivity index (χ1v) is 7.62. The Bertz CT molecular complexity index is 552. The van der Waals surface area contributed by atoms with E-state index in [-0.39, 0.29) is 0 Å². The van der Waals surface area contributed by atoms with E-state index in [0.29, 0.717) is 5.88 Å². The van der Waals surface area contributed by atoms with Crippen LogP contribution in [0.2, 0.25) is 0 Å². The first-order chi connectivity index (χ1) is 10.3. The molecule has 0 aliphatic rings. The van der Waals surface area contributed by atoms with E-state index in [4.69, 9.17) is 11.6 Å². The summed E-state index contributed by atoms with van der Waals surface area (Å²) in [4.78, 5) is 2.25. The summed E-state index contributed by atoms with van der Waals surface area (Å²) in [5.74, 6) is 0.637. The topological polar surface area (TPSA) is 27.6 Å². The zero-order valence-corrected chi connectivity index (χ0v) is 12.9. The molecule has 0 spiro atoms. The van der Waals surface area contributed by atoms with E-state index in [9.17, 15) is 0 Å². The molecule has 1 N–H and O–H groups in total. The average molecular weight is 302 g/mol. The number of para-hydroxylation sites is 1. The number of alkyl halides is 1. The molecular weight excluding hydrogens is 282 g/mol. The van der Waals surface area contributed by atoms with E-state index >= 15 is 0 Å². The fraction of sp³-hybridized carbons (Fsp3) is 0.235. The van der Waals surface area contributed by atoms with Gasteiger partial charge in [0.1, 0.15) is 0 Å². The molecule has 3 nitrogen and oxygen atoms in total. The summed E-state index contributed by atoms with van der Waals surface area (Å²) in [6.45, 7) is 3.95. The van der Waals surface area contributed by atoms with Gasteiger partial charge in [-0.3, -0.25) is 5.43 Å². The van der Waals surface area contributed by atoms with Crippen molar-refractivity contribution in [3.05, 3.63) is 60.2 Å². The lowest BCUT2D eigenvalue weighted by Crippen LogP contribution is -2.24. The van der Waals surface area contributed by atoms with Crippen LogP contribution in [0, 0.1) is 0 Å². The van der Waals surface area contributed by atoms with Gasteiger partial charge in [-0.2, -0.15) is 5.10 Å². The number of anilines is 2. The lowest BCUT2D eigenvalue weighted by Gasteiger charge is -2.21. The SMILES string of the molecule is CCN(CCCl)c1ccc(C=NNc2ccccc2)cc1. The minimum atomic E-state index is 0.637. The van der Waals surface area contributed by atoms with Crippen LogP contribution in [0.3, 0.4) is 0 Å². The van der Waals surface area contributed by atoms with Crippen molar-refractivity contribution in [1.29, 1.82) is 0 Å². The molecule has 0 aliphatic carbocycles. The van der Waals surface area contributed by atoms with Crippen LogP contribution in [0.1, 0.15) is 12.5 Å². The van der Waals surface area contributed by atoms with Crippen LogP contribution >= 0.6 is 11.6 Å². The number of nitrogens with zero attached hydrogens (tertiary/aromatic N) is 2. The molecule has 4 heteroatoms. The minimum absolute atomic E-state index is 0.637. The van der Waals surface area contributed by atoms with E-state index < -0.39 is 0 Å². The number of hydrogen-bond donors (Lipinski definition) is 1.